The molecule has 0 aliphatic carbocycles. The van der Waals surface area contributed by atoms with E-state index < -0.39 is 11.2 Å². The average Bonchev–Trinajstić information content (AvgIpc) is 3.42. The predicted octanol–water partition coefficient (Wildman–Crippen LogP) is 1.81. The Balaban J connectivity index is 1.78. The number of rotatable bonds is 7. The number of unbranched alkanes of at least 4 members (excludes halogenated alkanes) is 1. The molecular weight excluding hydrogens is 386 g/mol. The van der Waals surface area contributed by atoms with Crippen molar-refractivity contribution in [1.29, 1.82) is 0 Å². The molecule has 1 aliphatic rings. The maximum atomic E-state index is 13.3. The minimum absolute atomic E-state index is 0.188. The van der Waals surface area contributed by atoms with Crippen LogP contribution in [0.25, 0.3) is 11.2 Å². The molecule has 4 rings (SSSR count). The van der Waals surface area contributed by atoms with Crippen molar-refractivity contribution in [2.45, 2.75) is 58.7 Å². The van der Waals surface area contributed by atoms with Gasteiger partial charge in [0.15, 0.2) is 11.2 Å². The lowest BCUT2D eigenvalue weighted by atomic mass is 10.1. The second-order valence-corrected chi connectivity index (χ2v) is 7.74. The number of imidazole rings is 1. The van der Waals surface area contributed by atoms with E-state index in [1.807, 2.05) is 13.0 Å². The summed E-state index contributed by atoms with van der Waals surface area (Å²) in [6.07, 6.45) is 7.80. The molecule has 0 unspecified atom stereocenters. The lowest BCUT2D eigenvalue weighted by Crippen LogP contribution is -2.46. The van der Waals surface area contributed by atoms with Gasteiger partial charge >= 0.3 is 5.69 Å². The van der Waals surface area contributed by atoms with Crippen molar-refractivity contribution in [1.82, 2.24) is 23.6 Å². The first-order chi connectivity index (χ1) is 14.6. The largest absolute Gasteiger partial charge is 0.467 e. The Kier molecular flexibility index (Phi) is 5.87. The molecule has 9 nitrogen and oxygen atoms in total. The minimum atomic E-state index is -0.489. The molecule has 1 aliphatic heterocycles. The molecule has 4 heterocycles. The Morgan fingerprint density at radius 3 is 2.67 bits per heavy atom. The molecule has 0 spiro atoms. The van der Waals surface area contributed by atoms with Crippen molar-refractivity contribution in [3.8, 4) is 0 Å². The molecule has 0 saturated carbocycles. The lowest BCUT2D eigenvalue weighted by molar-refractivity contribution is -0.132. The van der Waals surface area contributed by atoms with Crippen LogP contribution in [0.5, 0.6) is 0 Å². The van der Waals surface area contributed by atoms with Crippen molar-refractivity contribution >= 4 is 17.1 Å². The number of furan rings is 1. The van der Waals surface area contributed by atoms with Crippen molar-refractivity contribution in [2.75, 3.05) is 13.1 Å². The van der Waals surface area contributed by atoms with Gasteiger partial charge in [-0.05, 0) is 37.8 Å². The Labute approximate surface area is 173 Å². The molecule has 3 aromatic rings. The third-order valence-corrected chi connectivity index (χ3v) is 5.63. The van der Waals surface area contributed by atoms with Gasteiger partial charge in [0, 0.05) is 19.6 Å². The van der Waals surface area contributed by atoms with E-state index in [0.717, 1.165) is 36.7 Å². The molecule has 0 atom stereocenters. The molecular formula is C21H27N5O4. The first-order valence-electron chi connectivity index (χ1n) is 10.6. The second-order valence-electron chi connectivity index (χ2n) is 7.74. The Bertz CT molecular complexity index is 1130. The third-order valence-electron chi connectivity index (χ3n) is 5.63. The van der Waals surface area contributed by atoms with E-state index in [1.165, 1.54) is 4.57 Å². The van der Waals surface area contributed by atoms with Crippen LogP contribution in [0.15, 0.2) is 38.7 Å². The summed E-state index contributed by atoms with van der Waals surface area (Å²) in [6.45, 7) is 3.92. The van der Waals surface area contributed by atoms with Crippen LogP contribution in [0.4, 0.5) is 0 Å². The number of carbonyl (C=O) groups is 1. The summed E-state index contributed by atoms with van der Waals surface area (Å²) >= 11 is 0. The van der Waals surface area contributed by atoms with Gasteiger partial charge in [-0.3, -0.25) is 14.2 Å². The zero-order chi connectivity index (χ0) is 21.1. The van der Waals surface area contributed by atoms with Crippen molar-refractivity contribution in [2.24, 2.45) is 0 Å². The summed E-state index contributed by atoms with van der Waals surface area (Å²) in [4.78, 5) is 45.3. The SMILES string of the molecule is CCCCn1c(=O)n(CC(=O)N2CCCCC2)c(=O)c2c1ncn2Cc1ccco1. The average molecular weight is 413 g/mol. The second kappa shape index (κ2) is 8.73. The Hall–Kier alpha value is -3.10. The van der Waals surface area contributed by atoms with Gasteiger partial charge in [0.05, 0.1) is 19.1 Å². The van der Waals surface area contributed by atoms with Crippen LogP contribution in [0, 0.1) is 0 Å². The number of likely N-dealkylation sites (tertiary alicyclic amines) is 1. The molecule has 9 heteroatoms. The molecule has 30 heavy (non-hydrogen) atoms. The number of nitrogens with zero attached hydrogens (tertiary/aromatic N) is 5. The first-order valence-corrected chi connectivity index (χ1v) is 10.6. The maximum absolute atomic E-state index is 13.3. The van der Waals surface area contributed by atoms with E-state index in [9.17, 15) is 14.4 Å². The normalized spacial score (nSPS) is 14.5. The molecule has 1 fully saturated rings. The van der Waals surface area contributed by atoms with E-state index >= 15 is 0 Å². The molecule has 0 radical (unpaired) electrons. The number of aryl methyl sites for hydroxylation is 1. The van der Waals surface area contributed by atoms with Gasteiger partial charge in [-0.25, -0.2) is 14.3 Å². The summed E-state index contributed by atoms with van der Waals surface area (Å²) in [5.41, 5.74) is -0.299. The summed E-state index contributed by atoms with van der Waals surface area (Å²) < 4.78 is 9.66. The van der Waals surface area contributed by atoms with Crippen LogP contribution >= 0.6 is 0 Å². The number of hydrogen-bond donors (Lipinski definition) is 0. The van der Waals surface area contributed by atoms with Crippen LogP contribution < -0.4 is 11.2 Å². The standard InChI is InChI=1S/C21H27N5O4/c1-2-3-11-25-19-18(24(15-22-19)13-16-8-7-12-30-16)20(28)26(21(25)29)14-17(27)23-9-5-4-6-10-23/h7-8,12,15H,2-6,9-11,13-14H2,1H3. The van der Waals surface area contributed by atoms with Crippen LogP contribution in [0.3, 0.4) is 0 Å². The van der Waals surface area contributed by atoms with Gasteiger partial charge in [-0.15, -0.1) is 0 Å². The van der Waals surface area contributed by atoms with Gasteiger partial charge in [-0.1, -0.05) is 13.3 Å². The highest BCUT2D eigenvalue weighted by Gasteiger charge is 2.23. The first kappa shape index (κ1) is 20.2. The van der Waals surface area contributed by atoms with Crippen LogP contribution in [-0.2, 0) is 24.4 Å². The Morgan fingerprint density at radius 1 is 1.17 bits per heavy atom. The van der Waals surface area contributed by atoms with E-state index in [1.54, 1.807) is 28.1 Å². The molecule has 1 saturated heterocycles. The number of hydrogen-bond acceptors (Lipinski definition) is 5. The van der Waals surface area contributed by atoms with Gasteiger partial charge in [0.2, 0.25) is 5.91 Å². The third kappa shape index (κ3) is 3.83. The highest BCUT2D eigenvalue weighted by atomic mass is 16.3. The zero-order valence-electron chi connectivity index (χ0n) is 17.2. The molecule has 0 N–H and O–H groups in total. The van der Waals surface area contributed by atoms with Crippen LogP contribution in [0.2, 0.25) is 0 Å². The van der Waals surface area contributed by atoms with Gasteiger partial charge in [0.25, 0.3) is 5.56 Å². The van der Waals surface area contributed by atoms with E-state index in [-0.39, 0.29) is 12.5 Å². The summed E-state index contributed by atoms with van der Waals surface area (Å²) in [5.74, 6) is 0.489. The summed E-state index contributed by atoms with van der Waals surface area (Å²) in [6, 6.07) is 3.60. The van der Waals surface area contributed by atoms with Gasteiger partial charge in [-0.2, -0.15) is 0 Å². The number of aromatic nitrogens is 4. The summed E-state index contributed by atoms with van der Waals surface area (Å²) in [5, 5.41) is 0. The fourth-order valence-corrected chi connectivity index (χ4v) is 3.96. The number of carbonyl (C=O) groups excluding carboxylic acids is 1. The monoisotopic (exact) mass is 413 g/mol. The van der Waals surface area contributed by atoms with Crippen LogP contribution in [0.1, 0.15) is 44.8 Å². The lowest BCUT2D eigenvalue weighted by Gasteiger charge is -2.26. The Morgan fingerprint density at radius 2 is 1.97 bits per heavy atom. The number of fused-ring (bicyclic) bond motifs is 1. The molecule has 0 aromatic carbocycles. The van der Waals surface area contributed by atoms with Crippen molar-refractivity contribution in [3.63, 3.8) is 0 Å². The molecule has 1 amide bonds. The smallest absolute Gasteiger partial charge is 0.333 e. The minimum Gasteiger partial charge on any atom is -0.467 e. The highest BCUT2D eigenvalue weighted by molar-refractivity contribution is 5.77. The maximum Gasteiger partial charge on any atom is 0.333 e. The van der Waals surface area contributed by atoms with E-state index in [2.05, 4.69) is 4.98 Å². The molecule has 160 valence electrons. The quantitative estimate of drug-likeness (QED) is 0.589. The summed E-state index contributed by atoms with van der Waals surface area (Å²) in [7, 11) is 0. The van der Waals surface area contributed by atoms with Gasteiger partial charge in [0.1, 0.15) is 12.3 Å². The molecule has 3 aromatic heterocycles. The molecule has 0 bridgehead atoms. The zero-order valence-corrected chi connectivity index (χ0v) is 17.2. The predicted molar refractivity (Wildman–Crippen MR) is 111 cm³/mol. The van der Waals surface area contributed by atoms with Crippen molar-refractivity contribution in [3.05, 3.63) is 51.3 Å². The van der Waals surface area contributed by atoms with E-state index in [0.29, 0.717) is 43.1 Å². The number of amides is 1. The topological polar surface area (TPSA) is 95.3 Å². The van der Waals surface area contributed by atoms with Crippen molar-refractivity contribution < 1.29 is 9.21 Å². The van der Waals surface area contributed by atoms with Crippen LogP contribution in [-0.4, -0.2) is 42.6 Å². The fourth-order valence-electron chi connectivity index (χ4n) is 3.96. The van der Waals surface area contributed by atoms with E-state index in [4.69, 9.17) is 4.42 Å². The fraction of sp³-hybridized carbons (Fsp3) is 0.524. The highest BCUT2D eigenvalue weighted by Crippen LogP contribution is 2.12. The number of piperidine rings is 1. The van der Waals surface area contributed by atoms with Gasteiger partial charge < -0.3 is 13.9 Å².